The minimum Gasteiger partial charge on any atom is -0.507 e. The lowest BCUT2D eigenvalue weighted by atomic mass is 10.0. The first-order chi connectivity index (χ1) is 11.8. The third kappa shape index (κ3) is 1.77. The molecule has 4 aromatic rings. The van der Waals surface area contributed by atoms with Crippen LogP contribution in [0.4, 0.5) is 5.69 Å². The molecule has 0 amide bonds. The Morgan fingerprint density at radius 3 is 2.50 bits per heavy atom. The number of fused-ring (bicyclic) bond motifs is 5. The van der Waals surface area contributed by atoms with E-state index in [2.05, 4.69) is 39.1 Å². The third-order valence-electron chi connectivity index (χ3n) is 4.62. The van der Waals surface area contributed by atoms with Crippen LogP contribution in [-0.2, 0) is 0 Å². The zero-order chi connectivity index (χ0) is 16.1. The Morgan fingerprint density at radius 2 is 1.58 bits per heavy atom. The highest BCUT2D eigenvalue weighted by Crippen LogP contribution is 2.36. The normalized spacial score (nSPS) is 15.6. The van der Waals surface area contributed by atoms with Gasteiger partial charge in [0.1, 0.15) is 5.75 Å². The van der Waals surface area contributed by atoms with Gasteiger partial charge in [0.05, 0.1) is 16.8 Å². The molecule has 0 aliphatic carbocycles. The summed E-state index contributed by atoms with van der Waals surface area (Å²) in [5.41, 5.74) is 5.20. The molecule has 4 heteroatoms. The number of anilines is 1. The fourth-order valence-corrected chi connectivity index (χ4v) is 3.53. The van der Waals surface area contributed by atoms with E-state index in [-0.39, 0.29) is 11.9 Å². The summed E-state index contributed by atoms with van der Waals surface area (Å²) in [6.45, 7) is 0. The SMILES string of the molecule is Oc1ccccc1[C@H]1Nc2ccccc2-c2[nH]c3ccccc3[n+]21. The van der Waals surface area contributed by atoms with Crippen molar-refractivity contribution in [3.05, 3.63) is 78.4 Å². The molecule has 1 aliphatic rings. The fraction of sp³-hybridized carbons (Fsp3) is 0.0500. The van der Waals surface area contributed by atoms with Crippen LogP contribution in [0.2, 0.25) is 0 Å². The molecule has 3 N–H and O–H groups in total. The molecule has 1 aromatic heterocycles. The van der Waals surface area contributed by atoms with Crippen LogP contribution in [0.3, 0.4) is 0 Å². The molecular formula is C20H16N3O+. The largest absolute Gasteiger partial charge is 0.507 e. The second kappa shape index (κ2) is 4.86. The molecule has 24 heavy (non-hydrogen) atoms. The van der Waals surface area contributed by atoms with Gasteiger partial charge >= 0.3 is 0 Å². The van der Waals surface area contributed by atoms with Gasteiger partial charge in [0.2, 0.25) is 6.17 Å². The number of nitrogens with one attached hydrogen (secondary N) is 2. The van der Waals surface area contributed by atoms with Crippen LogP contribution in [0.5, 0.6) is 5.75 Å². The van der Waals surface area contributed by atoms with E-state index in [0.29, 0.717) is 0 Å². The number of phenolic OH excluding ortho intramolecular Hbond substituents is 1. The summed E-state index contributed by atoms with van der Waals surface area (Å²) in [6, 6.07) is 23.9. The van der Waals surface area contributed by atoms with Crippen LogP contribution >= 0.6 is 0 Å². The van der Waals surface area contributed by atoms with Gasteiger partial charge in [-0.3, -0.25) is 0 Å². The minimum absolute atomic E-state index is 0.174. The molecule has 0 saturated heterocycles. The van der Waals surface area contributed by atoms with E-state index < -0.39 is 0 Å². The molecule has 0 bridgehead atoms. The number of phenols is 1. The summed E-state index contributed by atoms with van der Waals surface area (Å²) < 4.78 is 2.22. The van der Waals surface area contributed by atoms with Gasteiger partial charge in [0, 0.05) is 0 Å². The number of rotatable bonds is 1. The maximum atomic E-state index is 10.4. The first-order valence-electron chi connectivity index (χ1n) is 7.99. The molecule has 116 valence electrons. The monoisotopic (exact) mass is 314 g/mol. The number of aromatic amines is 1. The number of aromatic hydroxyl groups is 1. The molecule has 0 saturated carbocycles. The molecule has 0 fully saturated rings. The lowest BCUT2D eigenvalue weighted by Gasteiger charge is -2.25. The van der Waals surface area contributed by atoms with Crippen LogP contribution < -0.4 is 9.88 Å². The highest BCUT2D eigenvalue weighted by molar-refractivity contribution is 5.80. The van der Waals surface area contributed by atoms with Crippen LogP contribution in [0.15, 0.2) is 72.8 Å². The van der Waals surface area contributed by atoms with Crippen molar-refractivity contribution in [3.8, 4) is 17.1 Å². The predicted molar refractivity (Wildman–Crippen MR) is 93.8 cm³/mol. The highest BCUT2D eigenvalue weighted by atomic mass is 16.3. The van der Waals surface area contributed by atoms with Gasteiger partial charge in [-0.1, -0.05) is 36.4 Å². The van der Waals surface area contributed by atoms with Crippen LogP contribution in [0, 0.1) is 0 Å². The molecule has 4 nitrogen and oxygen atoms in total. The Hall–Kier alpha value is -3.27. The first-order valence-corrected chi connectivity index (χ1v) is 7.99. The van der Waals surface area contributed by atoms with Crippen molar-refractivity contribution in [2.45, 2.75) is 6.17 Å². The van der Waals surface area contributed by atoms with E-state index >= 15 is 0 Å². The Kier molecular flexibility index (Phi) is 2.67. The van der Waals surface area contributed by atoms with Crippen molar-refractivity contribution in [2.24, 2.45) is 0 Å². The van der Waals surface area contributed by atoms with Crippen molar-refractivity contribution in [1.82, 2.24) is 4.98 Å². The molecule has 0 radical (unpaired) electrons. The van der Waals surface area contributed by atoms with E-state index in [9.17, 15) is 5.11 Å². The zero-order valence-electron chi connectivity index (χ0n) is 12.9. The van der Waals surface area contributed by atoms with E-state index in [4.69, 9.17) is 0 Å². The molecule has 0 spiro atoms. The van der Waals surface area contributed by atoms with Gasteiger partial charge in [-0.05, 0) is 36.4 Å². The van der Waals surface area contributed by atoms with E-state index in [1.165, 1.54) is 0 Å². The van der Waals surface area contributed by atoms with Crippen LogP contribution in [0.1, 0.15) is 11.7 Å². The van der Waals surface area contributed by atoms with Crippen molar-refractivity contribution in [2.75, 3.05) is 5.32 Å². The summed E-state index contributed by atoms with van der Waals surface area (Å²) in [4.78, 5) is 3.53. The van der Waals surface area contributed by atoms with Crippen molar-refractivity contribution < 1.29 is 9.67 Å². The number of hydrogen-bond acceptors (Lipinski definition) is 2. The average Bonchev–Trinajstić information content (AvgIpc) is 3.01. The van der Waals surface area contributed by atoms with Gasteiger partial charge in [-0.25, -0.2) is 4.98 Å². The summed E-state index contributed by atoms with van der Waals surface area (Å²) in [5.74, 6) is 1.33. The Labute approximate surface area is 139 Å². The van der Waals surface area contributed by atoms with Gasteiger partial charge in [-0.2, -0.15) is 4.57 Å². The summed E-state index contributed by atoms with van der Waals surface area (Å²) in [5, 5.41) is 14.0. The molecule has 1 aliphatic heterocycles. The highest BCUT2D eigenvalue weighted by Gasteiger charge is 2.35. The van der Waals surface area contributed by atoms with E-state index in [1.54, 1.807) is 6.07 Å². The lowest BCUT2D eigenvalue weighted by molar-refractivity contribution is -0.673. The number of benzene rings is 3. The van der Waals surface area contributed by atoms with Gasteiger partial charge < -0.3 is 10.4 Å². The predicted octanol–water partition coefficient (Wildman–Crippen LogP) is 3.80. The van der Waals surface area contributed by atoms with Crippen molar-refractivity contribution in [1.29, 1.82) is 0 Å². The maximum absolute atomic E-state index is 10.4. The number of H-pyrrole nitrogens is 1. The standard InChI is InChI=1S/C20H15N3O/c24-18-12-6-2-8-14(18)20-21-15-9-3-1-7-13(15)19-22-16-10-4-5-11-17(16)23(19)20/h1-12,20H,(H2,21,22,24)/p+1/t20-/m0/s1. The quantitative estimate of drug-likeness (QED) is 0.468. The van der Waals surface area contributed by atoms with Crippen LogP contribution in [0.25, 0.3) is 22.4 Å². The lowest BCUT2D eigenvalue weighted by Crippen LogP contribution is -2.48. The Morgan fingerprint density at radius 1 is 0.833 bits per heavy atom. The smallest absolute Gasteiger partial charge is 0.291 e. The zero-order valence-corrected chi connectivity index (χ0v) is 12.9. The number of hydrogen-bond donors (Lipinski definition) is 3. The van der Waals surface area contributed by atoms with Gasteiger partial charge in [0.15, 0.2) is 11.0 Å². The second-order valence-electron chi connectivity index (χ2n) is 6.01. The van der Waals surface area contributed by atoms with E-state index in [0.717, 1.165) is 33.7 Å². The number of para-hydroxylation sites is 4. The molecule has 1 atom stereocenters. The third-order valence-corrected chi connectivity index (χ3v) is 4.62. The summed E-state index contributed by atoms with van der Waals surface area (Å²) in [6.07, 6.45) is -0.174. The minimum atomic E-state index is -0.174. The Bertz CT molecular complexity index is 1070. The maximum Gasteiger partial charge on any atom is 0.291 e. The number of nitrogens with zero attached hydrogens (tertiary/aromatic N) is 1. The Balaban J connectivity index is 1.86. The molecule has 3 aromatic carbocycles. The van der Waals surface area contributed by atoms with Crippen molar-refractivity contribution in [3.63, 3.8) is 0 Å². The van der Waals surface area contributed by atoms with Crippen LogP contribution in [-0.4, -0.2) is 10.1 Å². The van der Waals surface area contributed by atoms with Crippen molar-refractivity contribution >= 4 is 16.7 Å². The molecular weight excluding hydrogens is 298 g/mol. The first kappa shape index (κ1) is 13.2. The summed E-state index contributed by atoms with van der Waals surface area (Å²) >= 11 is 0. The molecule has 0 unspecified atom stereocenters. The summed E-state index contributed by atoms with van der Waals surface area (Å²) in [7, 11) is 0. The number of imidazole rings is 1. The van der Waals surface area contributed by atoms with E-state index in [1.807, 2.05) is 42.5 Å². The second-order valence-corrected chi connectivity index (χ2v) is 6.01. The number of aromatic nitrogens is 2. The molecule has 5 rings (SSSR count). The van der Waals surface area contributed by atoms with Gasteiger partial charge in [0.25, 0.3) is 5.82 Å². The average molecular weight is 314 g/mol. The fourth-order valence-electron chi connectivity index (χ4n) is 3.53. The topological polar surface area (TPSA) is 51.9 Å². The molecule has 2 heterocycles. The van der Waals surface area contributed by atoms with Gasteiger partial charge in [-0.15, -0.1) is 0 Å².